The first-order chi connectivity index (χ1) is 8.18. The van der Waals surface area contributed by atoms with Gasteiger partial charge in [0.2, 0.25) is 0 Å². The Hall–Kier alpha value is 0.759. The Morgan fingerprint density at radius 2 is 0.882 bits per heavy atom. The first-order valence-corrected chi connectivity index (χ1v) is 15.2. The van der Waals surface area contributed by atoms with Gasteiger partial charge in [-0.05, 0) is 0 Å². The van der Waals surface area contributed by atoms with Crippen molar-refractivity contribution in [1.29, 1.82) is 0 Å². The van der Waals surface area contributed by atoms with E-state index in [2.05, 4.69) is 20.8 Å². The molecular formula is C15H34OSn. The van der Waals surface area contributed by atoms with Crippen LogP contribution in [-0.2, 0) is 0 Å². The van der Waals surface area contributed by atoms with E-state index in [1.54, 1.807) is 0 Å². The molecule has 0 saturated carbocycles. The molecule has 0 amide bonds. The van der Waals surface area contributed by atoms with Crippen LogP contribution in [0.3, 0.4) is 0 Å². The maximum atomic E-state index is 10.9. The second-order valence-electron chi connectivity index (χ2n) is 5.60. The molecule has 0 spiro atoms. The summed E-state index contributed by atoms with van der Waals surface area (Å²) in [5.41, 5.74) is 0. The van der Waals surface area contributed by atoms with Crippen LogP contribution in [0.1, 0.15) is 78.6 Å². The fraction of sp³-hybridized carbons (Fsp3) is 1.00. The summed E-state index contributed by atoms with van der Waals surface area (Å²) in [6.45, 7) is 6.76. The third-order valence-corrected chi connectivity index (χ3v) is 14.7. The second kappa shape index (κ2) is 11.8. The van der Waals surface area contributed by atoms with Gasteiger partial charge in [0.1, 0.15) is 0 Å². The van der Waals surface area contributed by atoms with Crippen molar-refractivity contribution in [3.8, 4) is 0 Å². The van der Waals surface area contributed by atoms with E-state index in [0.29, 0.717) is 0 Å². The zero-order chi connectivity index (χ0) is 13.0. The Kier molecular flexibility index (Phi) is 12.4. The predicted molar refractivity (Wildman–Crippen MR) is 81.0 cm³/mol. The molecule has 0 atom stereocenters. The normalized spacial score (nSPS) is 12.0. The molecule has 0 aliphatic carbocycles. The van der Waals surface area contributed by atoms with Crippen LogP contribution in [0.15, 0.2) is 0 Å². The molecule has 0 fully saturated rings. The van der Waals surface area contributed by atoms with Gasteiger partial charge >= 0.3 is 114 Å². The van der Waals surface area contributed by atoms with Crippen LogP contribution >= 0.6 is 0 Å². The van der Waals surface area contributed by atoms with Crippen molar-refractivity contribution in [3.63, 3.8) is 0 Å². The van der Waals surface area contributed by atoms with Gasteiger partial charge < -0.3 is 0 Å². The van der Waals surface area contributed by atoms with Crippen LogP contribution in [-0.4, -0.2) is 22.2 Å². The van der Waals surface area contributed by atoms with Crippen molar-refractivity contribution in [2.24, 2.45) is 0 Å². The standard InChI is InChI=1S/3C5H11.H2O.Sn/c3*1-3-5-4-2;;/h3*1,3-5H2,2H3;1H2;/q;;;;+1/p-1. The summed E-state index contributed by atoms with van der Waals surface area (Å²) in [5, 5.41) is 0. The summed E-state index contributed by atoms with van der Waals surface area (Å²) in [5.74, 6) is 0. The zero-order valence-electron chi connectivity index (χ0n) is 12.4. The van der Waals surface area contributed by atoms with E-state index in [1.165, 1.54) is 71.1 Å². The molecule has 2 heteroatoms. The Balaban J connectivity index is 3.95. The third kappa shape index (κ3) is 10.4. The van der Waals surface area contributed by atoms with E-state index in [0.717, 1.165) is 0 Å². The molecule has 104 valence electrons. The fourth-order valence-corrected chi connectivity index (χ4v) is 12.4. The Morgan fingerprint density at radius 1 is 0.588 bits per heavy atom. The predicted octanol–water partition coefficient (Wildman–Crippen LogP) is 5.49. The average molecular weight is 349 g/mol. The van der Waals surface area contributed by atoms with E-state index >= 15 is 0 Å². The summed E-state index contributed by atoms with van der Waals surface area (Å²) in [6.07, 6.45) is 11.7. The monoisotopic (exact) mass is 350 g/mol. The number of rotatable bonds is 12. The molecule has 1 N–H and O–H groups in total. The Bertz CT molecular complexity index is 132. The van der Waals surface area contributed by atoms with Gasteiger partial charge in [-0.1, -0.05) is 0 Å². The summed E-state index contributed by atoms with van der Waals surface area (Å²) in [7, 11) is 0. The second-order valence-corrected chi connectivity index (χ2v) is 16.9. The van der Waals surface area contributed by atoms with Crippen LogP contribution in [0.5, 0.6) is 0 Å². The molecule has 0 radical (unpaired) electrons. The van der Waals surface area contributed by atoms with Gasteiger partial charge in [-0.2, -0.15) is 0 Å². The van der Waals surface area contributed by atoms with Gasteiger partial charge in [0, 0.05) is 0 Å². The minimum atomic E-state index is -2.64. The molecule has 0 heterocycles. The first-order valence-electron chi connectivity index (χ1n) is 7.91. The topological polar surface area (TPSA) is 20.2 Å². The van der Waals surface area contributed by atoms with E-state index in [1.807, 2.05) is 0 Å². The van der Waals surface area contributed by atoms with Crippen LogP contribution in [0.25, 0.3) is 0 Å². The van der Waals surface area contributed by atoms with E-state index < -0.39 is 18.8 Å². The first kappa shape index (κ1) is 17.8. The number of hydrogen-bond donors (Lipinski definition) is 1. The molecule has 0 aromatic heterocycles. The quantitative estimate of drug-likeness (QED) is 0.365. The molecule has 0 saturated heterocycles. The van der Waals surface area contributed by atoms with Crippen LogP contribution in [0, 0.1) is 0 Å². The van der Waals surface area contributed by atoms with Crippen molar-refractivity contribution in [2.75, 3.05) is 0 Å². The van der Waals surface area contributed by atoms with Crippen molar-refractivity contribution in [2.45, 2.75) is 91.9 Å². The number of unbranched alkanes of at least 4 members (excludes halogenated alkanes) is 6. The molecule has 0 aliphatic heterocycles. The van der Waals surface area contributed by atoms with Crippen molar-refractivity contribution in [1.82, 2.24) is 0 Å². The third-order valence-electron chi connectivity index (χ3n) is 3.74. The molecule has 0 aromatic carbocycles. The Morgan fingerprint density at radius 3 is 1.12 bits per heavy atom. The summed E-state index contributed by atoms with van der Waals surface area (Å²) in [4.78, 5) is 0. The summed E-state index contributed by atoms with van der Waals surface area (Å²) in [6, 6.07) is 0. The number of hydrogen-bond acceptors (Lipinski definition) is 1. The fourth-order valence-electron chi connectivity index (χ4n) is 2.49. The van der Waals surface area contributed by atoms with Crippen molar-refractivity contribution in [3.05, 3.63) is 0 Å². The van der Waals surface area contributed by atoms with Gasteiger partial charge in [-0.25, -0.2) is 0 Å². The summed E-state index contributed by atoms with van der Waals surface area (Å²) >= 11 is -2.64. The molecule has 0 bridgehead atoms. The SMILES string of the molecule is CCCC[CH2][Sn]([OH])([CH2]CCCC)[CH2]CCCC. The molecule has 17 heavy (non-hydrogen) atoms. The van der Waals surface area contributed by atoms with Crippen LogP contribution in [0.4, 0.5) is 0 Å². The maximum absolute atomic E-state index is 10.9. The van der Waals surface area contributed by atoms with Gasteiger partial charge in [0.25, 0.3) is 0 Å². The van der Waals surface area contributed by atoms with Gasteiger partial charge in [0.15, 0.2) is 0 Å². The van der Waals surface area contributed by atoms with Gasteiger partial charge in [-0.15, -0.1) is 0 Å². The van der Waals surface area contributed by atoms with Crippen LogP contribution in [0.2, 0.25) is 13.3 Å². The van der Waals surface area contributed by atoms with Crippen LogP contribution < -0.4 is 0 Å². The zero-order valence-corrected chi connectivity index (χ0v) is 15.3. The van der Waals surface area contributed by atoms with Crippen molar-refractivity contribution < 1.29 is 3.44 Å². The van der Waals surface area contributed by atoms with Gasteiger partial charge in [-0.3, -0.25) is 0 Å². The minimum absolute atomic E-state index is 1.23. The molecule has 0 aliphatic rings. The molecular weight excluding hydrogens is 315 g/mol. The van der Waals surface area contributed by atoms with E-state index in [4.69, 9.17) is 0 Å². The molecule has 0 rings (SSSR count). The molecule has 0 aromatic rings. The van der Waals surface area contributed by atoms with E-state index in [-0.39, 0.29) is 0 Å². The Labute approximate surface area is 114 Å². The molecule has 0 unspecified atom stereocenters. The average Bonchev–Trinajstić information content (AvgIpc) is 2.30. The summed E-state index contributed by atoms with van der Waals surface area (Å²) < 4.78 is 14.6. The van der Waals surface area contributed by atoms with Gasteiger partial charge in [0.05, 0.1) is 0 Å². The van der Waals surface area contributed by atoms with E-state index in [9.17, 15) is 3.44 Å². The van der Waals surface area contributed by atoms with Crippen molar-refractivity contribution >= 4 is 18.8 Å². The molecule has 1 nitrogen and oxygen atoms in total.